The third-order valence-corrected chi connectivity index (χ3v) is 4.31. The van der Waals surface area contributed by atoms with Crippen LogP contribution in [0.2, 0.25) is 5.02 Å². The fourth-order valence-electron chi connectivity index (χ4n) is 2.82. The van der Waals surface area contributed by atoms with Crippen molar-refractivity contribution in [3.8, 4) is 0 Å². The number of hydrogen-bond donors (Lipinski definition) is 0. The van der Waals surface area contributed by atoms with Crippen molar-refractivity contribution < 1.29 is 4.79 Å². The number of Topliss-reactive ketones (excluding diaryl/α,β-unsaturated/α-hetero) is 1. The van der Waals surface area contributed by atoms with Gasteiger partial charge in [-0.15, -0.1) is 0 Å². The molecule has 0 amide bonds. The van der Waals surface area contributed by atoms with E-state index in [9.17, 15) is 4.79 Å². The van der Waals surface area contributed by atoms with Gasteiger partial charge in [0, 0.05) is 24.9 Å². The molecular weight excluding hydrogens is 260 g/mol. The van der Waals surface area contributed by atoms with Crippen LogP contribution in [0.25, 0.3) is 0 Å². The molecule has 2 aromatic rings. The highest BCUT2D eigenvalue weighted by molar-refractivity contribution is 6.31. The lowest BCUT2D eigenvalue weighted by Gasteiger charge is -2.08. The lowest BCUT2D eigenvalue weighted by atomic mass is 9.99. The van der Waals surface area contributed by atoms with Crippen LogP contribution in [0.3, 0.4) is 0 Å². The predicted octanol–water partition coefficient (Wildman–Crippen LogP) is 2.98. The SMILES string of the molecule is Cc1nn(C)c(CC2Cc3ccccc3C2=O)c1Cl. The average Bonchev–Trinajstić information content (AvgIpc) is 2.83. The van der Waals surface area contributed by atoms with E-state index < -0.39 is 0 Å². The molecule has 1 heterocycles. The van der Waals surface area contributed by atoms with Gasteiger partial charge in [0.1, 0.15) is 0 Å². The molecule has 1 aromatic carbocycles. The molecular formula is C15H15ClN2O. The molecule has 98 valence electrons. The number of ketones is 1. The summed E-state index contributed by atoms with van der Waals surface area (Å²) >= 11 is 6.26. The smallest absolute Gasteiger partial charge is 0.166 e. The summed E-state index contributed by atoms with van der Waals surface area (Å²) in [4.78, 5) is 12.4. The van der Waals surface area contributed by atoms with Crippen LogP contribution in [0.5, 0.6) is 0 Å². The molecule has 0 fully saturated rings. The molecule has 0 saturated carbocycles. The van der Waals surface area contributed by atoms with E-state index in [1.807, 2.05) is 38.2 Å². The lowest BCUT2D eigenvalue weighted by molar-refractivity contribution is 0.0935. The highest BCUT2D eigenvalue weighted by atomic mass is 35.5. The average molecular weight is 275 g/mol. The van der Waals surface area contributed by atoms with Crippen LogP contribution in [0.1, 0.15) is 27.3 Å². The van der Waals surface area contributed by atoms with Crippen LogP contribution in [-0.4, -0.2) is 15.6 Å². The molecule has 0 radical (unpaired) electrons. The summed E-state index contributed by atoms with van der Waals surface area (Å²) < 4.78 is 1.79. The fourth-order valence-corrected chi connectivity index (χ4v) is 3.05. The Kier molecular flexibility index (Phi) is 2.94. The minimum atomic E-state index is -0.00954. The van der Waals surface area contributed by atoms with Gasteiger partial charge in [0.2, 0.25) is 0 Å². The quantitative estimate of drug-likeness (QED) is 0.844. The minimum absolute atomic E-state index is 0.00954. The Balaban J connectivity index is 1.89. The number of benzene rings is 1. The Labute approximate surface area is 117 Å². The number of carbonyl (C=O) groups is 1. The Hall–Kier alpha value is -1.61. The van der Waals surface area contributed by atoms with Crippen molar-refractivity contribution in [3.63, 3.8) is 0 Å². The van der Waals surface area contributed by atoms with Crippen molar-refractivity contribution in [1.82, 2.24) is 9.78 Å². The van der Waals surface area contributed by atoms with Crippen LogP contribution in [0.4, 0.5) is 0 Å². The molecule has 1 aliphatic rings. The summed E-state index contributed by atoms with van der Waals surface area (Å²) in [6.07, 6.45) is 1.46. The lowest BCUT2D eigenvalue weighted by Crippen LogP contribution is -2.14. The second-order valence-electron chi connectivity index (χ2n) is 5.10. The second-order valence-corrected chi connectivity index (χ2v) is 5.47. The zero-order valence-electron chi connectivity index (χ0n) is 11.0. The number of carbonyl (C=O) groups excluding carboxylic acids is 1. The van der Waals surface area contributed by atoms with E-state index >= 15 is 0 Å². The summed E-state index contributed by atoms with van der Waals surface area (Å²) in [5, 5.41) is 4.99. The molecule has 0 spiro atoms. The number of rotatable bonds is 2. The van der Waals surface area contributed by atoms with E-state index in [4.69, 9.17) is 11.6 Å². The highest BCUT2D eigenvalue weighted by Crippen LogP contribution is 2.31. The first-order chi connectivity index (χ1) is 9.08. The predicted molar refractivity (Wildman–Crippen MR) is 74.6 cm³/mol. The van der Waals surface area contributed by atoms with Crippen LogP contribution in [0.15, 0.2) is 24.3 Å². The molecule has 19 heavy (non-hydrogen) atoms. The van der Waals surface area contributed by atoms with Gasteiger partial charge in [-0.2, -0.15) is 5.10 Å². The van der Waals surface area contributed by atoms with E-state index in [1.165, 1.54) is 0 Å². The number of fused-ring (bicyclic) bond motifs is 1. The number of aromatic nitrogens is 2. The molecule has 0 N–H and O–H groups in total. The largest absolute Gasteiger partial charge is 0.294 e. The fraction of sp³-hybridized carbons (Fsp3) is 0.333. The van der Waals surface area contributed by atoms with Crippen molar-refractivity contribution in [2.45, 2.75) is 19.8 Å². The third kappa shape index (κ3) is 1.98. The zero-order valence-corrected chi connectivity index (χ0v) is 11.7. The molecule has 3 rings (SSSR count). The summed E-state index contributed by atoms with van der Waals surface area (Å²) in [5.41, 5.74) is 3.78. The maximum atomic E-state index is 12.4. The van der Waals surface area contributed by atoms with Crippen LogP contribution in [0, 0.1) is 12.8 Å². The Morgan fingerprint density at radius 2 is 2.16 bits per heavy atom. The molecule has 0 saturated heterocycles. The summed E-state index contributed by atoms with van der Waals surface area (Å²) in [6, 6.07) is 7.84. The van der Waals surface area contributed by atoms with E-state index in [-0.39, 0.29) is 11.7 Å². The van der Waals surface area contributed by atoms with Crippen molar-refractivity contribution in [3.05, 3.63) is 51.8 Å². The number of hydrogen-bond acceptors (Lipinski definition) is 2. The summed E-state index contributed by atoms with van der Waals surface area (Å²) in [7, 11) is 1.88. The van der Waals surface area contributed by atoms with Gasteiger partial charge in [0.15, 0.2) is 5.78 Å². The maximum Gasteiger partial charge on any atom is 0.166 e. The monoisotopic (exact) mass is 274 g/mol. The molecule has 1 aliphatic carbocycles. The normalized spacial score (nSPS) is 17.8. The van der Waals surface area contributed by atoms with Gasteiger partial charge in [-0.1, -0.05) is 35.9 Å². The van der Waals surface area contributed by atoms with Gasteiger partial charge in [0.25, 0.3) is 0 Å². The summed E-state index contributed by atoms with van der Waals surface area (Å²) in [6.45, 7) is 1.89. The van der Waals surface area contributed by atoms with Crippen LogP contribution in [-0.2, 0) is 19.9 Å². The van der Waals surface area contributed by atoms with Gasteiger partial charge in [-0.05, 0) is 18.9 Å². The first kappa shape index (κ1) is 12.4. The molecule has 4 heteroatoms. The van der Waals surface area contributed by atoms with Crippen molar-refractivity contribution in [2.24, 2.45) is 13.0 Å². The van der Waals surface area contributed by atoms with E-state index in [0.717, 1.165) is 28.9 Å². The molecule has 0 aliphatic heterocycles. The van der Waals surface area contributed by atoms with Gasteiger partial charge in [-0.25, -0.2) is 0 Å². The topological polar surface area (TPSA) is 34.9 Å². The Bertz CT molecular complexity index is 660. The van der Waals surface area contributed by atoms with Gasteiger partial charge >= 0.3 is 0 Å². The summed E-state index contributed by atoms with van der Waals surface area (Å²) in [5.74, 6) is 0.218. The van der Waals surface area contributed by atoms with E-state index in [2.05, 4.69) is 5.10 Å². The first-order valence-corrected chi connectivity index (χ1v) is 6.76. The Morgan fingerprint density at radius 1 is 1.42 bits per heavy atom. The van der Waals surface area contributed by atoms with Crippen LogP contribution < -0.4 is 0 Å². The minimum Gasteiger partial charge on any atom is -0.294 e. The third-order valence-electron chi connectivity index (χ3n) is 3.82. The molecule has 1 aromatic heterocycles. The van der Waals surface area contributed by atoms with Crippen molar-refractivity contribution in [1.29, 1.82) is 0 Å². The zero-order chi connectivity index (χ0) is 13.6. The standard InChI is InChI=1S/C15H15ClN2O/c1-9-14(16)13(18(2)17-9)8-11-7-10-5-3-4-6-12(10)15(11)19/h3-6,11H,7-8H2,1-2H3. The highest BCUT2D eigenvalue weighted by Gasteiger charge is 2.31. The number of aryl methyl sites for hydroxylation is 2. The van der Waals surface area contributed by atoms with E-state index in [0.29, 0.717) is 11.4 Å². The second kappa shape index (κ2) is 4.49. The van der Waals surface area contributed by atoms with Gasteiger partial charge in [0.05, 0.1) is 16.4 Å². The molecule has 0 bridgehead atoms. The molecule has 1 atom stereocenters. The van der Waals surface area contributed by atoms with Crippen molar-refractivity contribution >= 4 is 17.4 Å². The van der Waals surface area contributed by atoms with Gasteiger partial charge in [-0.3, -0.25) is 9.48 Å². The van der Waals surface area contributed by atoms with Crippen LogP contribution >= 0.6 is 11.6 Å². The Morgan fingerprint density at radius 3 is 2.79 bits per heavy atom. The molecule has 1 unspecified atom stereocenters. The first-order valence-electron chi connectivity index (χ1n) is 6.38. The van der Waals surface area contributed by atoms with Crippen molar-refractivity contribution in [2.75, 3.05) is 0 Å². The number of nitrogens with zero attached hydrogens (tertiary/aromatic N) is 2. The number of halogens is 1. The molecule has 3 nitrogen and oxygen atoms in total. The maximum absolute atomic E-state index is 12.4. The van der Waals surface area contributed by atoms with E-state index in [1.54, 1.807) is 4.68 Å². The van der Waals surface area contributed by atoms with Gasteiger partial charge < -0.3 is 0 Å².